The molecule has 1 unspecified atom stereocenters. The first-order valence-electron chi connectivity index (χ1n) is 7.73. The first-order valence-corrected chi connectivity index (χ1v) is 7.73. The Labute approximate surface area is 138 Å². The standard InChI is InChI=1S/C18H25N3O2/c1-14(13-21(2)3)20-12-15-8-7-11-19-18(15)23-17-10-6-5-9-16(17)22-4/h5-11,14,20H,12-13H2,1-4H3. The lowest BCUT2D eigenvalue weighted by Crippen LogP contribution is -2.35. The number of para-hydroxylation sites is 2. The highest BCUT2D eigenvalue weighted by Crippen LogP contribution is 2.31. The molecule has 0 saturated heterocycles. The van der Waals surface area contributed by atoms with Crippen molar-refractivity contribution >= 4 is 0 Å². The molecule has 1 aromatic heterocycles. The zero-order valence-electron chi connectivity index (χ0n) is 14.2. The fourth-order valence-electron chi connectivity index (χ4n) is 2.35. The van der Waals surface area contributed by atoms with E-state index >= 15 is 0 Å². The molecule has 0 saturated carbocycles. The van der Waals surface area contributed by atoms with Gasteiger partial charge in [-0.25, -0.2) is 4.98 Å². The summed E-state index contributed by atoms with van der Waals surface area (Å²) in [6.07, 6.45) is 1.73. The smallest absolute Gasteiger partial charge is 0.223 e. The minimum absolute atomic E-state index is 0.379. The Kier molecular flexibility index (Phi) is 6.38. The lowest BCUT2D eigenvalue weighted by molar-refractivity contribution is 0.346. The Balaban J connectivity index is 2.08. The molecule has 124 valence electrons. The van der Waals surface area contributed by atoms with Gasteiger partial charge in [0.05, 0.1) is 7.11 Å². The van der Waals surface area contributed by atoms with E-state index in [0.717, 1.165) is 12.1 Å². The predicted molar refractivity (Wildman–Crippen MR) is 92.2 cm³/mol. The van der Waals surface area contributed by atoms with Crippen molar-refractivity contribution in [3.63, 3.8) is 0 Å². The van der Waals surface area contributed by atoms with Gasteiger partial charge in [0, 0.05) is 30.9 Å². The molecule has 1 N–H and O–H groups in total. The third kappa shape index (κ3) is 5.23. The number of nitrogens with zero attached hydrogens (tertiary/aromatic N) is 2. The highest BCUT2D eigenvalue weighted by molar-refractivity contribution is 5.42. The summed E-state index contributed by atoms with van der Waals surface area (Å²) in [5.74, 6) is 1.95. The minimum Gasteiger partial charge on any atom is -0.493 e. The number of nitrogens with one attached hydrogen (secondary N) is 1. The summed E-state index contributed by atoms with van der Waals surface area (Å²) >= 11 is 0. The van der Waals surface area contributed by atoms with E-state index in [1.807, 2.05) is 36.4 Å². The van der Waals surface area contributed by atoms with Gasteiger partial charge >= 0.3 is 0 Å². The van der Waals surface area contributed by atoms with Crippen LogP contribution in [0.5, 0.6) is 17.4 Å². The number of pyridine rings is 1. The van der Waals surface area contributed by atoms with Crippen LogP contribution >= 0.6 is 0 Å². The van der Waals surface area contributed by atoms with Crippen molar-refractivity contribution in [1.82, 2.24) is 15.2 Å². The minimum atomic E-state index is 0.379. The third-order valence-corrected chi connectivity index (χ3v) is 3.41. The molecule has 23 heavy (non-hydrogen) atoms. The summed E-state index contributed by atoms with van der Waals surface area (Å²) < 4.78 is 11.3. The number of aromatic nitrogens is 1. The van der Waals surface area contributed by atoms with Gasteiger partial charge in [0.2, 0.25) is 5.88 Å². The Morgan fingerprint density at radius 1 is 1.13 bits per heavy atom. The molecule has 0 radical (unpaired) electrons. The van der Waals surface area contributed by atoms with Gasteiger partial charge in [-0.05, 0) is 39.2 Å². The van der Waals surface area contributed by atoms with Crippen LogP contribution in [0, 0.1) is 0 Å². The number of likely N-dealkylation sites (N-methyl/N-ethyl adjacent to an activating group) is 1. The topological polar surface area (TPSA) is 46.6 Å². The monoisotopic (exact) mass is 315 g/mol. The molecule has 5 heteroatoms. The maximum atomic E-state index is 5.96. The van der Waals surface area contributed by atoms with Crippen LogP contribution < -0.4 is 14.8 Å². The largest absolute Gasteiger partial charge is 0.493 e. The number of hydrogen-bond acceptors (Lipinski definition) is 5. The molecule has 1 heterocycles. The number of ether oxygens (including phenoxy) is 2. The zero-order chi connectivity index (χ0) is 16.7. The highest BCUT2D eigenvalue weighted by atomic mass is 16.5. The Hall–Kier alpha value is -2.11. The molecule has 5 nitrogen and oxygen atoms in total. The van der Waals surface area contributed by atoms with Crippen LogP contribution in [0.4, 0.5) is 0 Å². The lowest BCUT2D eigenvalue weighted by atomic mass is 10.2. The first kappa shape index (κ1) is 17.2. The van der Waals surface area contributed by atoms with Gasteiger partial charge in [-0.2, -0.15) is 0 Å². The molecule has 0 spiro atoms. The molecule has 0 aliphatic rings. The van der Waals surface area contributed by atoms with E-state index in [1.54, 1.807) is 13.3 Å². The van der Waals surface area contributed by atoms with Gasteiger partial charge < -0.3 is 19.7 Å². The molecule has 0 amide bonds. The second kappa shape index (κ2) is 8.50. The fraction of sp³-hybridized carbons (Fsp3) is 0.389. The molecule has 0 aliphatic carbocycles. The zero-order valence-corrected chi connectivity index (χ0v) is 14.2. The Morgan fingerprint density at radius 3 is 2.57 bits per heavy atom. The molecule has 2 rings (SSSR count). The number of hydrogen-bond donors (Lipinski definition) is 1. The van der Waals surface area contributed by atoms with Gasteiger partial charge in [0.1, 0.15) is 0 Å². The average molecular weight is 315 g/mol. The van der Waals surface area contributed by atoms with E-state index in [-0.39, 0.29) is 0 Å². The maximum absolute atomic E-state index is 5.96. The molecule has 1 aromatic carbocycles. The average Bonchev–Trinajstić information content (AvgIpc) is 2.54. The summed E-state index contributed by atoms with van der Waals surface area (Å²) in [4.78, 5) is 6.52. The maximum Gasteiger partial charge on any atom is 0.223 e. The van der Waals surface area contributed by atoms with Crippen LogP contribution in [0.3, 0.4) is 0 Å². The molecular formula is C18H25N3O2. The molecule has 1 atom stereocenters. The fourth-order valence-corrected chi connectivity index (χ4v) is 2.35. The van der Waals surface area contributed by atoms with E-state index < -0.39 is 0 Å². The first-order chi connectivity index (χ1) is 11.1. The van der Waals surface area contributed by atoms with Crippen molar-refractivity contribution in [3.05, 3.63) is 48.2 Å². The van der Waals surface area contributed by atoms with Gasteiger partial charge in [0.25, 0.3) is 0 Å². The van der Waals surface area contributed by atoms with Crippen molar-refractivity contribution in [2.24, 2.45) is 0 Å². The lowest BCUT2D eigenvalue weighted by Gasteiger charge is -2.19. The SMILES string of the molecule is COc1ccccc1Oc1ncccc1CNC(C)CN(C)C. The van der Waals surface area contributed by atoms with Gasteiger partial charge in [-0.3, -0.25) is 0 Å². The van der Waals surface area contributed by atoms with Gasteiger partial charge in [-0.15, -0.1) is 0 Å². The van der Waals surface area contributed by atoms with Crippen molar-refractivity contribution in [2.45, 2.75) is 19.5 Å². The Morgan fingerprint density at radius 2 is 1.87 bits per heavy atom. The van der Waals surface area contributed by atoms with Crippen molar-refractivity contribution in [1.29, 1.82) is 0 Å². The number of rotatable bonds is 8. The summed E-state index contributed by atoms with van der Waals surface area (Å²) in [6.45, 7) is 3.84. The normalized spacial score (nSPS) is 12.2. The van der Waals surface area contributed by atoms with E-state index in [2.05, 4.69) is 36.2 Å². The summed E-state index contributed by atoms with van der Waals surface area (Å²) in [5, 5.41) is 3.49. The summed E-state index contributed by atoms with van der Waals surface area (Å²) in [7, 11) is 5.77. The highest BCUT2D eigenvalue weighted by Gasteiger charge is 2.11. The van der Waals surface area contributed by atoms with E-state index in [0.29, 0.717) is 30.0 Å². The molecule has 2 aromatic rings. The summed E-state index contributed by atoms with van der Waals surface area (Å²) in [6, 6.07) is 11.9. The van der Waals surface area contributed by atoms with E-state index in [9.17, 15) is 0 Å². The second-order valence-electron chi connectivity index (χ2n) is 5.76. The Bertz CT molecular complexity index is 617. The van der Waals surface area contributed by atoms with Crippen LogP contribution in [0.15, 0.2) is 42.6 Å². The third-order valence-electron chi connectivity index (χ3n) is 3.41. The van der Waals surface area contributed by atoms with Crippen LogP contribution in [-0.2, 0) is 6.54 Å². The van der Waals surface area contributed by atoms with Crippen molar-refractivity contribution in [2.75, 3.05) is 27.7 Å². The van der Waals surface area contributed by atoms with Crippen molar-refractivity contribution in [3.8, 4) is 17.4 Å². The molecular weight excluding hydrogens is 290 g/mol. The van der Waals surface area contributed by atoms with Crippen LogP contribution in [0.2, 0.25) is 0 Å². The van der Waals surface area contributed by atoms with E-state index in [4.69, 9.17) is 9.47 Å². The van der Waals surface area contributed by atoms with Crippen LogP contribution in [0.25, 0.3) is 0 Å². The second-order valence-corrected chi connectivity index (χ2v) is 5.76. The molecule has 0 fully saturated rings. The number of benzene rings is 1. The molecule has 0 aliphatic heterocycles. The van der Waals surface area contributed by atoms with Crippen LogP contribution in [-0.4, -0.2) is 43.7 Å². The van der Waals surface area contributed by atoms with Gasteiger partial charge in [-0.1, -0.05) is 18.2 Å². The predicted octanol–water partition coefficient (Wildman–Crippen LogP) is 2.92. The van der Waals surface area contributed by atoms with Crippen molar-refractivity contribution < 1.29 is 9.47 Å². The molecule has 0 bridgehead atoms. The van der Waals surface area contributed by atoms with E-state index in [1.165, 1.54) is 0 Å². The van der Waals surface area contributed by atoms with Crippen LogP contribution in [0.1, 0.15) is 12.5 Å². The van der Waals surface area contributed by atoms with Gasteiger partial charge in [0.15, 0.2) is 11.5 Å². The number of methoxy groups -OCH3 is 1. The quantitative estimate of drug-likeness (QED) is 0.811. The summed E-state index contributed by atoms with van der Waals surface area (Å²) in [5.41, 5.74) is 1.02.